The Balaban J connectivity index is 1.47. The zero-order valence-corrected chi connectivity index (χ0v) is 13.9. The molecule has 0 aliphatic carbocycles. The number of carbonyl (C=O) groups is 1. The molecule has 21 heavy (non-hydrogen) atoms. The van der Waals surface area contributed by atoms with Gasteiger partial charge < -0.3 is 15.1 Å². The van der Waals surface area contributed by atoms with E-state index >= 15 is 0 Å². The van der Waals surface area contributed by atoms with Gasteiger partial charge in [0.15, 0.2) is 0 Å². The number of fused-ring (bicyclic) bond motifs is 3. The van der Waals surface area contributed by atoms with E-state index in [-0.39, 0.29) is 5.41 Å². The smallest absolute Gasteiger partial charge is 0.227 e. The largest absolute Gasteiger partial charge is 0.342 e. The maximum Gasteiger partial charge on any atom is 0.227 e. The molecule has 1 amide bonds. The first-order valence-corrected chi connectivity index (χ1v) is 8.71. The molecule has 0 aromatic heterocycles. The lowest BCUT2D eigenvalue weighted by Crippen LogP contribution is -2.59. The molecule has 4 aliphatic rings. The number of nitrogens with zero attached hydrogens (tertiary/aromatic N) is 2. The van der Waals surface area contributed by atoms with Crippen LogP contribution in [0.25, 0.3) is 0 Å². The van der Waals surface area contributed by atoms with Crippen molar-refractivity contribution in [2.75, 3.05) is 32.7 Å². The van der Waals surface area contributed by atoms with Gasteiger partial charge in [-0.25, -0.2) is 0 Å². The lowest BCUT2D eigenvalue weighted by molar-refractivity contribution is -0.140. The lowest BCUT2D eigenvalue weighted by Gasteiger charge is -2.47. The maximum absolute atomic E-state index is 12.3. The highest BCUT2D eigenvalue weighted by Gasteiger charge is 2.36. The molecule has 1 atom stereocenters. The zero-order valence-electron chi connectivity index (χ0n) is 13.9. The minimum Gasteiger partial charge on any atom is -0.342 e. The van der Waals surface area contributed by atoms with Gasteiger partial charge in [0.1, 0.15) is 0 Å². The summed E-state index contributed by atoms with van der Waals surface area (Å²) in [5, 5.41) is 3.91. The van der Waals surface area contributed by atoms with E-state index in [4.69, 9.17) is 0 Å². The third-order valence-corrected chi connectivity index (χ3v) is 5.53. The predicted molar refractivity (Wildman–Crippen MR) is 85.1 cm³/mol. The summed E-state index contributed by atoms with van der Waals surface area (Å²) in [5.41, 5.74) is -0.240. The monoisotopic (exact) mass is 293 g/mol. The summed E-state index contributed by atoms with van der Waals surface area (Å²) in [6.45, 7) is 11.8. The summed E-state index contributed by atoms with van der Waals surface area (Å²) >= 11 is 0. The van der Waals surface area contributed by atoms with Crippen LogP contribution in [0, 0.1) is 11.3 Å². The standard InChI is InChI=1S/C17H31N3O/c1-17(2,3)16(21)20-10-6-14(7-11-20)18-15-12-19-8-4-13(15)5-9-19/h13-15,18H,4-12H2,1-3H3. The fraction of sp³-hybridized carbons (Fsp3) is 0.941. The van der Waals surface area contributed by atoms with Gasteiger partial charge in [-0.2, -0.15) is 0 Å². The average molecular weight is 293 g/mol. The van der Waals surface area contributed by atoms with E-state index in [2.05, 4.69) is 15.1 Å². The molecule has 1 N–H and O–H groups in total. The average Bonchev–Trinajstić information content (AvgIpc) is 2.48. The van der Waals surface area contributed by atoms with E-state index in [1.165, 1.54) is 32.5 Å². The molecular formula is C17H31N3O. The molecule has 0 saturated carbocycles. The van der Waals surface area contributed by atoms with Gasteiger partial charge in [-0.3, -0.25) is 4.79 Å². The molecule has 4 heteroatoms. The van der Waals surface area contributed by atoms with Crippen LogP contribution in [0.5, 0.6) is 0 Å². The lowest BCUT2D eigenvalue weighted by atomic mass is 9.83. The number of amides is 1. The van der Waals surface area contributed by atoms with E-state index in [1.807, 2.05) is 20.8 Å². The van der Waals surface area contributed by atoms with Gasteiger partial charge >= 0.3 is 0 Å². The minimum atomic E-state index is -0.240. The first kappa shape index (κ1) is 15.3. The van der Waals surface area contributed by atoms with Crippen molar-refractivity contribution in [2.45, 2.75) is 58.5 Å². The van der Waals surface area contributed by atoms with Crippen molar-refractivity contribution >= 4 is 5.91 Å². The maximum atomic E-state index is 12.3. The first-order chi connectivity index (χ1) is 9.93. The Bertz CT molecular complexity index is 374. The first-order valence-electron chi connectivity index (χ1n) is 8.71. The van der Waals surface area contributed by atoms with E-state index < -0.39 is 0 Å². The Morgan fingerprint density at radius 2 is 1.62 bits per heavy atom. The van der Waals surface area contributed by atoms with Crippen molar-refractivity contribution in [3.63, 3.8) is 0 Å². The summed E-state index contributed by atoms with van der Waals surface area (Å²) in [4.78, 5) is 17.0. The van der Waals surface area contributed by atoms with E-state index in [0.717, 1.165) is 31.8 Å². The Morgan fingerprint density at radius 3 is 2.10 bits per heavy atom. The van der Waals surface area contributed by atoms with Crippen molar-refractivity contribution < 1.29 is 4.79 Å². The van der Waals surface area contributed by atoms with E-state index in [0.29, 0.717) is 18.0 Å². The molecule has 2 bridgehead atoms. The highest BCUT2D eigenvalue weighted by Crippen LogP contribution is 2.29. The second kappa shape index (κ2) is 5.88. The summed E-state index contributed by atoms with van der Waals surface area (Å²) in [7, 11) is 0. The van der Waals surface area contributed by atoms with Gasteiger partial charge in [0.2, 0.25) is 5.91 Å². The summed E-state index contributed by atoms with van der Waals surface area (Å²) in [6, 6.07) is 1.31. The number of piperidine rings is 4. The van der Waals surface area contributed by atoms with Crippen LogP contribution >= 0.6 is 0 Å². The summed E-state index contributed by atoms with van der Waals surface area (Å²) < 4.78 is 0. The summed E-state index contributed by atoms with van der Waals surface area (Å²) in [5.74, 6) is 1.20. The second-order valence-corrected chi connectivity index (χ2v) is 8.23. The molecular weight excluding hydrogens is 262 g/mol. The van der Waals surface area contributed by atoms with Gasteiger partial charge in [0, 0.05) is 37.1 Å². The number of hydrogen-bond donors (Lipinski definition) is 1. The molecule has 4 rings (SSSR count). The molecule has 4 nitrogen and oxygen atoms in total. The summed E-state index contributed by atoms with van der Waals surface area (Å²) in [6.07, 6.45) is 4.98. The van der Waals surface area contributed by atoms with Gasteiger partial charge in [-0.1, -0.05) is 20.8 Å². The number of hydrogen-bond acceptors (Lipinski definition) is 3. The molecule has 4 heterocycles. The quantitative estimate of drug-likeness (QED) is 0.842. The molecule has 4 saturated heterocycles. The van der Waals surface area contributed by atoms with Crippen molar-refractivity contribution in [3.05, 3.63) is 0 Å². The van der Waals surface area contributed by atoms with Crippen LogP contribution in [0.15, 0.2) is 0 Å². The van der Waals surface area contributed by atoms with Crippen LogP contribution in [0.2, 0.25) is 0 Å². The van der Waals surface area contributed by atoms with E-state index in [1.54, 1.807) is 0 Å². The van der Waals surface area contributed by atoms with Crippen LogP contribution < -0.4 is 5.32 Å². The SMILES string of the molecule is CC(C)(C)C(=O)N1CCC(NC2CN3CCC2CC3)CC1. The number of rotatable bonds is 2. The van der Waals surface area contributed by atoms with Crippen molar-refractivity contribution in [1.82, 2.24) is 15.1 Å². The van der Waals surface area contributed by atoms with E-state index in [9.17, 15) is 4.79 Å². The Morgan fingerprint density at radius 1 is 1.00 bits per heavy atom. The predicted octanol–water partition coefficient (Wildman–Crippen LogP) is 1.71. The number of nitrogens with one attached hydrogen (secondary N) is 1. The zero-order chi connectivity index (χ0) is 15.0. The normalized spacial score (nSPS) is 34.2. The molecule has 120 valence electrons. The van der Waals surface area contributed by atoms with Gasteiger partial charge in [0.05, 0.1) is 0 Å². The van der Waals surface area contributed by atoms with Crippen LogP contribution in [0.4, 0.5) is 0 Å². The number of carbonyl (C=O) groups excluding carboxylic acids is 1. The molecule has 1 unspecified atom stereocenters. The highest BCUT2D eigenvalue weighted by atomic mass is 16.2. The van der Waals surface area contributed by atoms with Gasteiger partial charge in [-0.05, 0) is 44.7 Å². The van der Waals surface area contributed by atoms with Gasteiger partial charge in [-0.15, -0.1) is 0 Å². The third kappa shape index (κ3) is 3.42. The minimum absolute atomic E-state index is 0.240. The number of likely N-dealkylation sites (tertiary alicyclic amines) is 1. The molecule has 0 aromatic carbocycles. The van der Waals surface area contributed by atoms with Crippen LogP contribution in [-0.4, -0.2) is 60.5 Å². The Kier molecular flexibility index (Phi) is 4.28. The van der Waals surface area contributed by atoms with Crippen LogP contribution in [-0.2, 0) is 4.79 Å². The molecule has 4 aliphatic heterocycles. The van der Waals surface area contributed by atoms with Gasteiger partial charge in [0.25, 0.3) is 0 Å². The molecule has 0 aromatic rings. The van der Waals surface area contributed by atoms with Crippen molar-refractivity contribution in [3.8, 4) is 0 Å². The molecule has 0 radical (unpaired) electrons. The molecule has 0 spiro atoms. The van der Waals surface area contributed by atoms with Crippen molar-refractivity contribution in [2.24, 2.45) is 11.3 Å². The third-order valence-electron chi connectivity index (χ3n) is 5.53. The second-order valence-electron chi connectivity index (χ2n) is 8.23. The fourth-order valence-corrected chi connectivity index (χ4v) is 4.18. The Hall–Kier alpha value is -0.610. The Labute approximate surface area is 129 Å². The van der Waals surface area contributed by atoms with Crippen LogP contribution in [0.1, 0.15) is 46.5 Å². The molecule has 4 fully saturated rings. The topological polar surface area (TPSA) is 35.6 Å². The fourth-order valence-electron chi connectivity index (χ4n) is 4.18. The highest BCUT2D eigenvalue weighted by molar-refractivity contribution is 5.81. The van der Waals surface area contributed by atoms with Crippen molar-refractivity contribution in [1.29, 1.82) is 0 Å². The van der Waals surface area contributed by atoms with Crippen LogP contribution in [0.3, 0.4) is 0 Å².